The van der Waals surface area contributed by atoms with Crippen LogP contribution in [0.3, 0.4) is 0 Å². The quantitative estimate of drug-likeness (QED) is 0.794. The van der Waals surface area contributed by atoms with Crippen LogP contribution in [0.1, 0.15) is 53.4 Å². The Morgan fingerprint density at radius 1 is 1.13 bits per heavy atom. The molecule has 2 aliphatic heterocycles. The van der Waals surface area contributed by atoms with Gasteiger partial charge in [-0.1, -0.05) is 0 Å². The maximum absolute atomic E-state index is 6.37. The third kappa shape index (κ3) is 3.68. The minimum Gasteiger partial charge on any atom is -0.393 e. The van der Waals surface area contributed by atoms with Crippen LogP contribution in [0.15, 0.2) is 6.33 Å². The Hall–Kier alpha value is -1.56. The molecule has 0 bridgehead atoms. The number of nitrogens with zero attached hydrogens (tertiary/aromatic N) is 3. The number of nitrogen functional groups attached to an aromatic ring is 1. The van der Waals surface area contributed by atoms with Gasteiger partial charge in [0.1, 0.15) is 12.0 Å². The molecule has 0 aliphatic carbocycles. The van der Waals surface area contributed by atoms with E-state index in [0.717, 1.165) is 37.6 Å². The number of aromatic nitrogens is 2. The van der Waals surface area contributed by atoms with Crippen LogP contribution in [-0.4, -0.2) is 40.2 Å². The first kappa shape index (κ1) is 16.3. The van der Waals surface area contributed by atoms with Crippen LogP contribution in [0.4, 0.5) is 17.3 Å². The van der Waals surface area contributed by atoms with Gasteiger partial charge in [0, 0.05) is 30.2 Å². The second-order valence-corrected chi connectivity index (χ2v) is 8.30. The first-order chi connectivity index (χ1) is 10.8. The molecule has 0 radical (unpaired) electrons. The maximum atomic E-state index is 6.37. The number of nitrogens with two attached hydrogens (primary N) is 1. The summed E-state index contributed by atoms with van der Waals surface area (Å²) in [6, 6.07) is 0.352. The molecule has 2 saturated heterocycles. The standard InChI is InChI=1S/C17H30N6/c1-16(2)9-12(10-17(3,4)22-16)21-14-13(18)15(20-11-19-14)23-7-5-6-8-23/h11-12,22H,5-10,18H2,1-4H3,(H,19,20,21). The fourth-order valence-electron chi connectivity index (χ4n) is 4.30. The van der Waals surface area contributed by atoms with Gasteiger partial charge in [0.15, 0.2) is 11.6 Å². The lowest BCUT2D eigenvalue weighted by molar-refractivity contribution is 0.170. The van der Waals surface area contributed by atoms with E-state index in [9.17, 15) is 0 Å². The highest BCUT2D eigenvalue weighted by molar-refractivity contribution is 5.75. The predicted octanol–water partition coefficient (Wildman–Crippen LogP) is 2.38. The number of anilines is 3. The zero-order valence-corrected chi connectivity index (χ0v) is 14.8. The van der Waals surface area contributed by atoms with Crippen LogP contribution in [0, 0.1) is 0 Å². The lowest BCUT2D eigenvalue weighted by Gasteiger charge is -2.46. The van der Waals surface area contributed by atoms with Crippen LogP contribution in [0.5, 0.6) is 0 Å². The minimum absolute atomic E-state index is 0.0962. The molecule has 23 heavy (non-hydrogen) atoms. The van der Waals surface area contributed by atoms with Gasteiger partial charge in [-0.25, -0.2) is 9.97 Å². The highest BCUT2D eigenvalue weighted by Gasteiger charge is 2.38. The van der Waals surface area contributed by atoms with Gasteiger partial charge in [0.05, 0.1) is 0 Å². The lowest BCUT2D eigenvalue weighted by atomic mass is 9.79. The van der Waals surface area contributed by atoms with Gasteiger partial charge in [-0.2, -0.15) is 0 Å². The van der Waals surface area contributed by atoms with Crippen molar-refractivity contribution in [2.24, 2.45) is 0 Å². The van der Waals surface area contributed by atoms with Crippen LogP contribution < -0.4 is 21.3 Å². The maximum Gasteiger partial charge on any atom is 0.157 e. The van der Waals surface area contributed by atoms with Crippen molar-refractivity contribution in [3.05, 3.63) is 6.33 Å². The molecule has 0 unspecified atom stereocenters. The van der Waals surface area contributed by atoms with Crippen LogP contribution in [0.25, 0.3) is 0 Å². The normalized spacial score (nSPS) is 23.9. The summed E-state index contributed by atoms with van der Waals surface area (Å²) in [6.07, 6.45) is 6.13. The first-order valence-corrected chi connectivity index (χ1v) is 8.67. The smallest absolute Gasteiger partial charge is 0.157 e. The SMILES string of the molecule is CC1(C)CC(Nc2ncnc(N3CCCC3)c2N)CC(C)(C)N1. The van der Waals surface area contributed by atoms with Crippen molar-refractivity contribution in [3.8, 4) is 0 Å². The second-order valence-electron chi connectivity index (χ2n) is 8.30. The molecule has 6 nitrogen and oxygen atoms in total. The summed E-state index contributed by atoms with van der Waals surface area (Å²) < 4.78 is 0. The second kappa shape index (κ2) is 5.82. The number of piperidine rings is 1. The monoisotopic (exact) mass is 318 g/mol. The van der Waals surface area contributed by atoms with Crippen molar-refractivity contribution >= 4 is 17.3 Å². The third-order valence-electron chi connectivity index (χ3n) is 4.80. The highest BCUT2D eigenvalue weighted by atomic mass is 15.2. The number of hydrogen-bond donors (Lipinski definition) is 3. The van der Waals surface area contributed by atoms with Crippen molar-refractivity contribution in [3.63, 3.8) is 0 Å². The molecular weight excluding hydrogens is 288 g/mol. The predicted molar refractivity (Wildman–Crippen MR) is 95.8 cm³/mol. The van der Waals surface area contributed by atoms with E-state index >= 15 is 0 Å². The van der Waals surface area contributed by atoms with E-state index in [0.29, 0.717) is 11.7 Å². The summed E-state index contributed by atoms with van der Waals surface area (Å²) in [5.74, 6) is 1.66. The van der Waals surface area contributed by atoms with E-state index in [4.69, 9.17) is 5.73 Å². The average molecular weight is 318 g/mol. The van der Waals surface area contributed by atoms with Crippen molar-refractivity contribution in [2.45, 2.75) is 70.5 Å². The van der Waals surface area contributed by atoms with E-state index in [-0.39, 0.29) is 11.1 Å². The fraction of sp³-hybridized carbons (Fsp3) is 0.765. The molecule has 3 heterocycles. The van der Waals surface area contributed by atoms with E-state index < -0.39 is 0 Å². The first-order valence-electron chi connectivity index (χ1n) is 8.67. The van der Waals surface area contributed by atoms with Gasteiger partial charge in [-0.3, -0.25) is 0 Å². The van der Waals surface area contributed by atoms with Gasteiger partial charge in [-0.05, 0) is 53.4 Å². The number of nitrogens with one attached hydrogen (secondary N) is 2. The summed E-state index contributed by atoms with van der Waals surface area (Å²) in [5.41, 5.74) is 7.25. The summed E-state index contributed by atoms with van der Waals surface area (Å²) in [5, 5.41) is 7.29. The number of rotatable bonds is 3. The van der Waals surface area contributed by atoms with E-state index in [1.165, 1.54) is 12.8 Å². The molecule has 3 rings (SSSR count). The highest BCUT2D eigenvalue weighted by Crippen LogP contribution is 2.33. The van der Waals surface area contributed by atoms with Crippen LogP contribution in [0.2, 0.25) is 0 Å². The molecule has 4 N–H and O–H groups in total. The summed E-state index contributed by atoms with van der Waals surface area (Å²) in [7, 11) is 0. The molecule has 0 saturated carbocycles. The van der Waals surface area contributed by atoms with Gasteiger partial charge in [-0.15, -0.1) is 0 Å². The number of hydrogen-bond acceptors (Lipinski definition) is 6. The molecule has 1 aromatic rings. The zero-order valence-electron chi connectivity index (χ0n) is 14.8. The molecule has 128 valence electrons. The van der Waals surface area contributed by atoms with Crippen molar-refractivity contribution < 1.29 is 0 Å². The van der Waals surface area contributed by atoms with E-state index in [1.54, 1.807) is 6.33 Å². The summed E-state index contributed by atoms with van der Waals surface area (Å²) >= 11 is 0. The Balaban J connectivity index is 1.78. The Labute approximate surface area is 139 Å². The average Bonchev–Trinajstić information content (AvgIpc) is 2.91. The molecule has 0 atom stereocenters. The Kier molecular flexibility index (Phi) is 4.12. The molecular formula is C17H30N6. The minimum atomic E-state index is 0.0962. The van der Waals surface area contributed by atoms with Crippen molar-refractivity contribution in [1.82, 2.24) is 15.3 Å². The summed E-state index contributed by atoms with van der Waals surface area (Å²) in [6.45, 7) is 11.1. The molecule has 2 fully saturated rings. The molecule has 6 heteroatoms. The van der Waals surface area contributed by atoms with E-state index in [1.807, 2.05) is 0 Å². The summed E-state index contributed by atoms with van der Waals surface area (Å²) in [4.78, 5) is 11.1. The Morgan fingerprint density at radius 3 is 2.35 bits per heavy atom. The molecule has 0 amide bonds. The Bertz CT molecular complexity index is 546. The van der Waals surface area contributed by atoms with Gasteiger partial charge >= 0.3 is 0 Å². The van der Waals surface area contributed by atoms with Gasteiger partial charge in [0.2, 0.25) is 0 Å². The molecule has 1 aromatic heterocycles. The van der Waals surface area contributed by atoms with Gasteiger partial charge < -0.3 is 21.3 Å². The van der Waals surface area contributed by atoms with Crippen LogP contribution in [-0.2, 0) is 0 Å². The lowest BCUT2D eigenvalue weighted by Crippen LogP contribution is -2.60. The van der Waals surface area contributed by atoms with Crippen LogP contribution >= 0.6 is 0 Å². The zero-order chi connectivity index (χ0) is 16.7. The topological polar surface area (TPSA) is 79.1 Å². The fourth-order valence-corrected chi connectivity index (χ4v) is 4.30. The van der Waals surface area contributed by atoms with E-state index in [2.05, 4.69) is 53.2 Å². The molecule has 0 spiro atoms. The Morgan fingerprint density at radius 2 is 1.74 bits per heavy atom. The molecule has 2 aliphatic rings. The molecule has 0 aromatic carbocycles. The largest absolute Gasteiger partial charge is 0.393 e. The van der Waals surface area contributed by atoms with Gasteiger partial charge in [0.25, 0.3) is 0 Å². The third-order valence-corrected chi connectivity index (χ3v) is 4.80. The van der Waals surface area contributed by atoms with Crippen molar-refractivity contribution in [2.75, 3.05) is 29.0 Å². The van der Waals surface area contributed by atoms with Crippen molar-refractivity contribution in [1.29, 1.82) is 0 Å².